The molecule has 0 N–H and O–H groups in total. The van der Waals surface area contributed by atoms with E-state index in [1.54, 1.807) is 4.90 Å². The van der Waals surface area contributed by atoms with E-state index in [0.29, 0.717) is 6.07 Å². The van der Waals surface area contributed by atoms with Crippen LogP contribution >= 0.6 is 0 Å². The van der Waals surface area contributed by atoms with Crippen LogP contribution in [0.3, 0.4) is 0 Å². The minimum Gasteiger partial charge on any atom is -0.362 e. The Balaban J connectivity index is 1.84. The third-order valence-electron chi connectivity index (χ3n) is 4.61. The van der Waals surface area contributed by atoms with Crippen LogP contribution in [0.5, 0.6) is 0 Å². The summed E-state index contributed by atoms with van der Waals surface area (Å²) >= 11 is 0. The molecule has 0 atom stereocenters. The molecule has 0 amide bonds. The van der Waals surface area contributed by atoms with Gasteiger partial charge in [0, 0.05) is 32.2 Å². The number of alkyl halides is 3. The van der Waals surface area contributed by atoms with Crippen LogP contribution in [0.1, 0.15) is 5.56 Å². The monoisotopic (exact) mass is 414 g/mol. The molecular weight excluding hydrogens is 400 g/mol. The van der Waals surface area contributed by atoms with Gasteiger partial charge in [-0.3, -0.25) is 20.2 Å². The summed E-state index contributed by atoms with van der Waals surface area (Å²) in [6, 6.07) is 6.01. The molecule has 1 aliphatic rings. The summed E-state index contributed by atoms with van der Waals surface area (Å²) in [5.41, 5.74) is -2.36. The summed E-state index contributed by atoms with van der Waals surface area (Å²) < 4.78 is 52.4. The molecule has 2 aromatic rings. The molecule has 154 valence electrons. The number of benzene rings is 2. The summed E-state index contributed by atoms with van der Waals surface area (Å²) in [4.78, 5) is 23.8. The van der Waals surface area contributed by atoms with E-state index < -0.39 is 38.8 Å². The Morgan fingerprint density at radius 3 is 1.97 bits per heavy atom. The Kier molecular flexibility index (Phi) is 5.27. The first-order valence-electron chi connectivity index (χ1n) is 8.38. The highest BCUT2D eigenvalue weighted by Gasteiger charge is 2.34. The van der Waals surface area contributed by atoms with Crippen molar-refractivity contribution in [3.05, 3.63) is 68.0 Å². The maximum absolute atomic E-state index is 13.8. The SMILES string of the molecule is O=[N+]([O-])c1cc(C(F)(F)F)ccc1N1CCN(c2cccc(F)c2[N+](=O)[O-])CC1. The van der Waals surface area contributed by atoms with E-state index in [-0.39, 0.29) is 37.6 Å². The number of hydrogen-bond donors (Lipinski definition) is 0. The lowest BCUT2D eigenvalue weighted by Gasteiger charge is -2.36. The fraction of sp³-hybridized carbons (Fsp3) is 0.294. The van der Waals surface area contributed by atoms with Crippen LogP contribution in [-0.2, 0) is 6.18 Å². The van der Waals surface area contributed by atoms with Crippen molar-refractivity contribution in [3.63, 3.8) is 0 Å². The lowest BCUT2D eigenvalue weighted by atomic mass is 10.1. The largest absolute Gasteiger partial charge is 0.416 e. The van der Waals surface area contributed by atoms with Crippen LogP contribution in [0.15, 0.2) is 36.4 Å². The number of nitrogens with zero attached hydrogens (tertiary/aromatic N) is 4. The fourth-order valence-corrected chi connectivity index (χ4v) is 3.24. The zero-order valence-electron chi connectivity index (χ0n) is 14.7. The predicted molar refractivity (Wildman–Crippen MR) is 95.6 cm³/mol. The summed E-state index contributed by atoms with van der Waals surface area (Å²) in [5, 5.41) is 22.4. The van der Waals surface area contributed by atoms with Gasteiger partial charge in [-0.15, -0.1) is 0 Å². The van der Waals surface area contributed by atoms with Crippen molar-refractivity contribution in [2.75, 3.05) is 36.0 Å². The number of piperazine rings is 1. The Labute approximate surface area is 161 Å². The number of hydrogen-bond acceptors (Lipinski definition) is 6. The molecule has 0 spiro atoms. The van der Waals surface area contributed by atoms with Crippen LogP contribution in [0.2, 0.25) is 0 Å². The van der Waals surface area contributed by atoms with Crippen LogP contribution in [0.4, 0.5) is 40.3 Å². The fourth-order valence-electron chi connectivity index (χ4n) is 3.24. The van der Waals surface area contributed by atoms with E-state index in [9.17, 15) is 37.8 Å². The molecule has 2 aromatic carbocycles. The number of nitro groups is 2. The predicted octanol–water partition coefficient (Wildman–Crippen LogP) is 3.99. The van der Waals surface area contributed by atoms with Crippen LogP contribution < -0.4 is 9.80 Å². The second kappa shape index (κ2) is 7.53. The molecule has 29 heavy (non-hydrogen) atoms. The minimum absolute atomic E-state index is 0.0244. The van der Waals surface area contributed by atoms with Gasteiger partial charge < -0.3 is 9.80 Å². The number of anilines is 2. The second-order valence-electron chi connectivity index (χ2n) is 6.30. The molecule has 12 heteroatoms. The Morgan fingerprint density at radius 1 is 0.862 bits per heavy atom. The van der Waals surface area contributed by atoms with Gasteiger partial charge in [0.25, 0.3) is 5.69 Å². The van der Waals surface area contributed by atoms with Gasteiger partial charge in [0.2, 0.25) is 5.82 Å². The lowest BCUT2D eigenvalue weighted by molar-refractivity contribution is -0.386. The van der Waals surface area contributed by atoms with E-state index in [2.05, 4.69) is 0 Å². The summed E-state index contributed by atoms with van der Waals surface area (Å²) in [7, 11) is 0. The zero-order valence-corrected chi connectivity index (χ0v) is 14.7. The molecule has 0 saturated carbocycles. The van der Waals surface area contributed by atoms with Gasteiger partial charge in [-0.25, -0.2) is 0 Å². The molecule has 0 aliphatic carbocycles. The van der Waals surface area contributed by atoms with Gasteiger partial charge >= 0.3 is 11.9 Å². The van der Waals surface area contributed by atoms with Crippen LogP contribution in [-0.4, -0.2) is 36.0 Å². The molecule has 8 nitrogen and oxygen atoms in total. The van der Waals surface area contributed by atoms with Gasteiger partial charge in [-0.05, 0) is 24.3 Å². The van der Waals surface area contributed by atoms with Crippen molar-refractivity contribution >= 4 is 22.7 Å². The Morgan fingerprint density at radius 2 is 1.45 bits per heavy atom. The zero-order chi connectivity index (χ0) is 21.3. The molecule has 1 fully saturated rings. The Bertz CT molecular complexity index is 959. The van der Waals surface area contributed by atoms with Crippen LogP contribution in [0.25, 0.3) is 0 Å². The normalized spacial score (nSPS) is 14.8. The molecule has 1 saturated heterocycles. The first-order chi connectivity index (χ1) is 13.6. The molecule has 0 radical (unpaired) electrons. The quantitative estimate of drug-likeness (QED) is 0.427. The highest BCUT2D eigenvalue weighted by molar-refractivity contribution is 5.67. The maximum atomic E-state index is 13.8. The van der Waals surface area contributed by atoms with Gasteiger partial charge in [0.15, 0.2) is 0 Å². The van der Waals surface area contributed by atoms with Crippen molar-refractivity contribution in [3.8, 4) is 0 Å². The smallest absolute Gasteiger partial charge is 0.362 e. The summed E-state index contributed by atoms with van der Waals surface area (Å²) in [6.45, 7) is 0.644. The van der Waals surface area contributed by atoms with Crippen LogP contribution in [0, 0.1) is 26.0 Å². The Hall–Kier alpha value is -3.44. The maximum Gasteiger partial charge on any atom is 0.416 e. The number of halogens is 4. The standard InChI is InChI=1S/C17H14F4N4O4/c18-12-2-1-3-14(16(12)25(28)29)23-8-6-22(7-9-23)13-5-4-11(17(19,20)21)10-15(13)24(26)27/h1-5,10H,6-9H2. The highest BCUT2D eigenvalue weighted by atomic mass is 19.4. The van der Waals surface area contributed by atoms with Crippen molar-refractivity contribution in [2.45, 2.75) is 6.18 Å². The third-order valence-corrected chi connectivity index (χ3v) is 4.61. The van der Waals surface area contributed by atoms with Crippen molar-refractivity contribution < 1.29 is 27.4 Å². The second-order valence-corrected chi connectivity index (χ2v) is 6.30. The van der Waals surface area contributed by atoms with E-state index >= 15 is 0 Å². The van der Waals surface area contributed by atoms with Crippen molar-refractivity contribution in [1.29, 1.82) is 0 Å². The minimum atomic E-state index is -4.71. The highest BCUT2D eigenvalue weighted by Crippen LogP contribution is 2.37. The number of rotatable bonds is 4. The van der Waals surface area contributed by atoms with Crippen molar-refractivity contribution in [1.82, 2.24) is 0 Å². The number of para-hydroxylation sites is 1. The summed E-state index contributed by atoms with van der Waals surface area (Å²) in [5.74, 6) is -0.978. The van der Waals surface area contributed by atoms with E-state index in [1.807, 2.05) is 0 Å². The first kappa shape index (κ1) is 20.3. The number of nitro benzene ring substituents is 2. The van der Waals surface area contributed by atoms with Gasteiger partial charge in [-0.2, -0.15) is 17.6 Å². The average molecular weight is 414 g/mol. The average Bonchev–Trinajstić information content (AvgIpc) is 2.66. The molecule has 0 aromatic heterocycles. The molecule has 0 unspecified atom stereocenters. The molecular formula is C17H14F4N4O4. The lowest BCUT2D eigenvalue weighted by Crippen LogP contribution is -2.47. The first-order valence-corrected chi connectivity index (χ1v) is 8.38. The molecule has 0 bridgehead atoms. The van der Waals surface area contributed by atoms with E-state index in [4.69, 9.17) is 0 Å². The molecule has 1 aliphatic heterocycles. The van der Waals surface area contributed by atoms with Gasteiger partial charge in [0.1, 0.15) is 11.4 Å². The molecule has 1 heterocycles. The van der Waals surface area contributed by atoms with Gasteiger partial charge in [-0.1, -0.05) is 6.07 Å². The summed E-state index contributed by atoms with van der Waals surface area (Å²) in [6.07, 6.45) is -4.71. The van der Waals surface area contributed by atoms with E-state index in [1.165, 1.54) is 17.0 Å². The van der Waals surface area contributed by atoms with Gasteiger partial charge in [0.05, 0.1) is 15.4 Å². The molecule has 3 rings (SSSR count). The van der Waals surface area contributed by atoms with Crippen molar-refractivity contribution in [2.24, 2.45) is 0 Å². The third kappa shape index (κ3) is 4.05. The topological polar surface area (TPSA) is 92.8 Å². The van der Waals surface area contributed by atoms with E-state index in [0.717, 1.165) is 18.2 Å².